The molecule has 1 aliphatic heterocycles. The van der Waals surface area contributed by atoms with Gasteiger partial charge in [-0.15, -0.1) is 0 Å². The first-order valence-electron chi connectivity index (χ1n) is 6.85. The van der Waals surface area contributed by atoms with Gasteiger partial charge in [0.1, 0.15) is 0 Å². The summed E-state index contributed by atoms with van der Waals surface area (Å²) in [6.45, 7) is 8.80. The molecule has 1 fully saturated rings. The molecule has 1 aromatic rings. The monoisotopic (exact) mass is 252 g/mol. The second-order valence-electron chi connectivity index (χ2n) is 5.61. The van der Waals surface area contributed by atoms with Crippen molar-refractivity contribution in [2.75, 3.05) is 31.1 Å². The fraction of sp³-hybridized carbons (Fsp3) is 0.917. The highest BCUT2D eigenvalue weighted by Gasteiger charge is 2.22. The minimum absolute atomic E-state index is 0.703. The van der Waals surface area contributed by atoms with E-state index in [1.165, 1.54) is 12.8 Å². The summed E-state index contributed by atoms with van der Waals surface area (Å²) in [6, 6.07) is 0. The molecule has 1 saturated heterocycles. The minimum Gasteiger partial charge on any atom is -0.339 e. The summed E-state index contributed by atoms with van der Waals surface area (Å²) >= 11 is 0. The van der Waals surface area contributed by atoms with Gasteiger partial charge >= 0.3 is 0 Å². The Morgan fingerprint density at radius 3 is 2.94 bits per heavy atom. The van der Waals surface area contributed by atoms with E-state index in [0.29, 0.717) is 11.8 Å². The van der Waals surface area contributed by atoms with Crippen LogP contribution in [-0.2, 0) is 7.05 Å². The molecule has 1 atom stereocenters. The van der Waals surface area contributed by atoms with Gasteiger partial charge in [-0.3, -0.25) is 0 Å². The van der Waals surface area contributed by atoms with E-state index < -0.39 is 0 Å². The molecule has 1 unspecified atom stereocenters. The van der Waals surface area contributed by atoms with Crippen LogP contribution in [0.25, 0.3) is 0 Å². The SMILES string of the molecule is CC(C)CNCC1CCCN(c2nnnn2C)C1. The lowest BCUT2D eigenvalue weighted by Gasteiger charge is -2.32. The molecule has 18 heavy (non-hydrogen) atoms. The van der Waals surface area contributed by atoms with Crippen LogP contribution < -0.4 is 10.2 Å². The summed E-state index contributed by atoms with van der Waals surface area (Å²) in [4.78, 5) is 2.30. The van der Waals surface area contributed by atoms with Gasteiger partial charge in [0.2, 0.25) is 5.95 Å². The molecule has 0 aliphatic carbocycles. The molecule has 0 spiro atoms. The normalized spacial score (nSPS) is 20.7. The average molecular weight is 252 g/mol. The number of aryl methyl sites for hydroxylation is 1. The van der Waals surface area contributed by atoms with Gasteiger partial charge in [-0.1, -0.05) is 18.9 Å². The summed E-state index contributed by atoms with van der Waals surface area (Å²) in [5.74, 6) is 2.31. The van der Waals surface area contributed by atoms with Crippen molar-refractivity contribution in [2.45, 2.75) is 26.7 Å². The molecule has 0 bridgehead atoms. The Morgan fingerprint density at radius 1 is 1.44 bits per heavy atom. The number of nitrogens with zero attached hydrogens (tertiary/aromatic N) is 5. The van der Waals surface area contributed by atoms with Crippen molar-refractivity contribution >= 4 is 5.95 Å². The van der Waals surface area contributed by atoms with E-state index in [1.807, 2.05) is 7.05 Å². The fourth-order valence-corrected chi connectivity index (χ4v) is 2.48. The molecule has 2 rings (SSSR count). The Hall–Kier alpha value is -1.17. The van der Waals surface area contributed by atoms with Crippen molar-refractivity contribution in [2.24, 2.45) is 18.9 Å². The van der Waals surface area contributed by atoms with E-state index >= 15 is 0 Å². The molecular formula is C12H24N6. The van der Waals surface area contributed by atoms with E-state index in [1.54, 1.807) is 4.68 Å². The predicted molar refractivity (Wildman–Crippen MR) is 71.4 cm³/mol. The Kier molecular flexibility index (Phi) is 4.52. The molecule has 6 nitrogen and oxygen atoms in total. The van der Waals surface area contributed by atoms with Crippen LogP contribution in [0.3, 0.4) is 0 Å². The summed E-state index contributed by atoms with van der Waals surface area (Å²) in [5, 5.41) is 15.3. The van der Waals surface area contributed by atoms with Gasteiger partial charge in [0, 0.05) is 20.1 Å². The zero-order valence-electron chi connectivity index (χ0n) is 11.6. The van der Waals surface area contributed by atoms with Crippen LogP contribution in [0.1, 0.15) is 26.7 Å². The van der Waals surface area contributed by atoms with Crippen LogP contribution in [0.2, 0.25) is 0 Å². The van der Waals surface area contributed by atoms with Crippen molar-refractivity contribution < 1.29 is 0 Å². The average Bonchev–Trinajstić information content (AvgIpc) is 2.75. The summed E-state index contributed by atoms with van der Waals surface area (Å²) in [6.07, 6.45) is 2.52. The third kappa shape index (κ3) is 3.41. The molecule has 0 saturated carbocycles. The van der Waals surface area contributed by atoms with Gasteiger partial charge in [0.05, 0.1) is 0 Å². The van der Waals surface area contributed by atoms with E-state index in [2.05, 4.69) is 39.6 Å². The van der Waals surface area contributed by atoms with Crippen LogP contribution in [-0.4, -0.2) is 46.4 Å². The van der Waals surface area contributed by atoms with Gasteiger partial charge < -0.3 is 10.2 Å². The van der Waals surface area contributed by atoms with Crippen LogP contribution in [0.5, 0.6) is 0 Å². The Morgan fingerprint density at radius 2 is 2.28 bits per heavy atom. The molecule has 6 heteroatoms. The van der Waals surface area contributed by atoms with E-state index in [0.717, 1.165) is 32.1 Å². The highest BCUT2D eigenvalue weighted by Crippen LogP contribution is 2.19. The number of nitrogens with one attached hydrogen (secondary N) is 1. The number of anilines is 1. The van der Waals surface area contributed by atoms with Gasteiger partial charge in [0.15, 0.2) is 0 Å². The highest BCUT2D eigenvalue weighted by atomic mass is 15.6. The third-order valence-corrected chi connectivity index (χ3v) is 3.39. The zero-order chi connectivity index (χ0) is 13.0. The lowest BCUT2D eigenvalue weighted by molar-refractivity contribution is 0.378. The molecule has 1 aromatic heterocycles. The first-order chi connectivity index (χ1) is 8.66. The Balaban J connectivity index is 1.83. The zero-order valence-corrected chi connectivity index (χ0v) is 11.6. The standard InChI is InChI=1S/C12H24N6/c1-10(2)7-13-8-11-5-4-6-18(9-11)12-14-15-16-17(12)3/h10-11,13H,4-9H2,1-3H3. The fourth-order valence-electron chi connectivity index (χ4n) is 2.48. The summed E-state index contributed by atoms with van der Waals surface area (Å²) < 4.78 is 1.75. The first-order valence-corrected chi connectivity index (χ1v) is 6.85. The maximum Gasteiger partial charge on any atom is 0.245 e. The van der Waals surface area contributed by atoms with Crippen molar-refractivity contribution in [1.82, 2.24) is 25.5 Å². The topological polar surface area (TPSA) is 58.9 Å². The molecule has 1 aliphatic rings. The van der Waals surface area contributed by atoms with Crippen LogP contribution in [0.15, 0.2) is 0 Å². The van der Waals surface area contributed by atoms with Gasteiger partial charge in [-0.2, -0.15) is 0 Å². The lowest BCUT2D eigenvalue weighted by atomic mass is 9.98. The predicted octanol–water partition coefficient (Wildman–Crippen LogP) is 0.672. The van der Waals surface area contributed by atoms with E-state index in [9.17, 15) is 0 Å². The lowest BCUT2D eigenvalue weighted by Crippen LogP contribution is -2.41. The first kappa shape index (κ1) is 13.3. The van der Waals surface area contributed by atoms with Gasteiger partial charge in [-0.25, -0.2) is 4.68 Å². The Bertz CT molecular complexity index is 361. The number of hydrogen-bond donors (Lipinski definition) is 1. The molecule has 0 radical (unpaired) electrons. The Labute approximate surface area is 109 Å². The largest absolute Gasteiger partial charge is 0.339 e. The van der Waals surface area contributed by atoms with Gasteiger partial charge in [-0.05, 0) is 48.2 Å². The number of rotatable bonds is 5. The van der Waals surface area contributed by atoms with Crippen LogP contribution in [0, 0.1) is 11.8 Å². The summed E-state index contributed by atoms with van der Waals surface area (Å²) in [7, 11) is 1.90. The van der Waals surface area contributed by atoms with Crippen LogP contribution in [0.4, 0.5) is 5.95 Å². The molecule has 102 valence electrons. The number of tetrazole rings is 1. The van der Waals surface area contributed by atoms with Crippen molar-refractivity contribution in [3.05, 3.63) is 0 Å². The molecular weight excluding hydrogens is 228 g/mol. The van der Waals surface area contributed by atoms with Crippen molar-refractivity contribution in [1.29, 1.82) is 0 Å². The minimum atomic E-state index is 0.703. The quantitative estimate of drug-likeness (QED) is 0.835. The summed E-state index contributed by atoms with van der Waals surface area (Å²) in [5.41, 5.74) is 0. The second kappa shape index (κ2) is 6.13. The smallest absolute Gasteiger partial charge is 0.245 e. The van der Waals surface area contributed by atoms with Crippen molar-refractivity contribution in [3.63, 3.8) is 0 Å². The molecule has 0 amide bonds. The number of piperidine rings is 1. The molecule has 2 heterocycles. The highest BCUT2D eigenvalue weighted by molar-refractivity contribution is 5.28. The maximum atomic E-state index is 4.09. The van der Waals surface area contributed by atoms with Crippen molar-refractivity contribution in [3.8, 4) is 0 Å². The molecule has 1 N–H and O–H groups in total. The number of aromatic nitrogens is 4. The second-order valence-corrected chi connectivity index (χ2v) is 5.61. The van der Waals surface area contributed by atoms with Gasteiger partial charge in [0.25, 0.3) is 0 Å². The third-order valence-electron chi connectivity index (χ3n) is 3.39. The molecule has 0 aromatic carbocycles. The maximum absolute atomic E-state index is 4.09. The van der Waals surface area contributed by atoms with Crippen LogP contribution >= 0.6 is 0 Å². The van der Waals surface area contributed by atoms with E-state index in [4.69, 9.17) is 0 Å². The number of hydrogen-bond acceptors (Lipinski definition) is 5. The van der Waals surface area contributed by atoms with E-state index in [-0.39, 0.29) is 0 Å².